The molecule has 29 heavy (non-hydrogen) atoms. The SMILES string of the molecule is CCn1c(SCC(=O)Nc2ccccc2C(F)(F)F)nnc1-c1ccc(Br)cc1. The summed E-state index contributed by atoms with van der Waals surface area (Å²) in [6.45, 7) is 2.51. The van der Waals surface area contributed by atoms with E-state index in [1.54, 1.807) is 0 Å². The van der Waals surface area contributed by atoms with Crippen LogP contribution in [0.5, 0.6) is 0 Å². The molecule has 0 aliphatic rings. The van der Waals surface area contributed by atoms with Crippen molar-refractivity contribution < 1.29 is 18.0 Å². The first kappa shape index (κ1) is 21.4. The average Bonchev–Trinajstić information content (AvgIpc) is 3.09. The Hall–Kier alpha value is -2.33. The van der Waals surface area contributed by atoms with Crippen LogP contribution in [0.15, 0.2) is 58.2 Å². The summed E-state index contributed by atoms with van der Waals surface area (Å²) in [5.41, 5.74) is -0.274. The number of carbonyl (C=O) groups excluding carboxylic acids is 1. The van der Waals surface area contributed by atoms with E-state index in [1.165, 1.54) is 18.2 Å². The van der Waals surface area contributed by atoms with Crippen molar-refractivity contribution in [3.63, 3.8) is 0 Å². The highest BCUT2D eigenvalue weighted by molar-refractivity contribution is 9.10. The van der Waals surface area contributed by atoms with Gasteiger partial charge in [0.05, 0.1) is 17.0 Å². The summed E-state index contributed by atoms with van der Waals surface area (Å²) < 4.78 is 42.0. The molecule has 0 bridgehead atoms. The number of carbonyl (C=O) groups is 1. The van der Waals surface area contributed by atoms with Gasteiger partial charge in [-0.3, -0.25) is 4.79 Å². The van der Waals surface area contributed by atoms with Gasteiger partial charge in [0.1, 0.15) is 0 Å². The van der Waals surface area contributed by atoms with Crippen molar-refractivity contribution in [2.24, 2.45) is 0 Å². The number of para-hydroxylation sites is 1. The molecule has 3 rings (SSSR count). The van der Waals surface area contributed by atoms with E-state index in [1.807, 2.05) is 35.8 Å². The van der Waals surface area contributed by atoms with Crippen LogP contribution < -0.4 is 5.32 Å². The van der Waals surface area contributed by atoms with Crippen molar-refractivity contribution in [3.8, 4) is 11.4 Å². The van der Waals surface area contributed by atoms with Gasteiger partial charge in [-0.2, -0.15) is 13.2 Å². The van der Waals surface area contributed by atoms with Crippen molar-refractivity contribution in [3.05, 3.63) is 58.6 Å². The Morgan fingerprint density at radius 2 is 1.83 bits per heavy atom. The van der Waals surface area contributed by atoms with Crippen molar-refractivity contribution in [2.45, 2.75) is 24.8 Å². The number of alkyl halides is 3. The second kappa shape index (κ2) is 9.00. The molecule has 2 aromatic carbocycles. The lowest BCUT2D eigenvalue weighted by molar-refractivity contribution is -0.137. The number of anilines is 1. The predicted octanol–water partition coefficient (Wildman–Crippen LogP) is 5.48. The number of rotatable bonds is 6. The van der Waals surface area contributed by atoms with E-state index in [0.29, 0.717) is 17.5 Å². The first-order chi connectivity index (χ1) is 13.8. The lowest BCUT2D eigenvalue weighted by Crippen LogP contribution is -2.18. The molecule has 0 unspecified atom stereocenters. The molecular formula is C19H16BrF3N4OS. The maximum atomic E-state index is 13.1. The highest BCUT2D eigenvalue weighted by atomic mass is 79.9. The number of benzene rings is 2. The van der Waals surface area contributed by atoms with Gasteiger partial charge in [-0.05, 0) is 31.2 Å². The van der Waals surface area contributed by atoms with Crippen molar-refractivity contribution in [1.82, 2.24) is 14.8 Å². The standard InChI is InChI=1S/C19H16BrF3N4OS/c1-2-27-17(12-7-9-13(20)10-8-12)25-26-18(27)29-11-16(28)24-15-6-4-3-5-14(15)19(21,22)23/h3-10H,2,11H2,1H3,(H,24,28). The third-order valence-electron chi connectivity index (χ3n) is 3.97. The van der Waals surface area contributed by atoms with Gasteiger partial charge in [0.15, 0.2) is 11.0 Å². The Bertz CT molecular complexity index is 1010. The fourth-order valence-electron chi connectivity index (χ4n) is 2.65. The number of halogens is 4. The Kier molecular flexibility index (Phi) is 6.63. The fourth-order valence-corrected chi connectivity index (χ4v) is 3.72. The number of aromatic nitrogens is 3. The third kappa shape index (κ3) is 5.18. The highest BCUT2D eigenvalue weighted by Gasteiger charge is 2.33. The number of nitrogens with one attached hydrogen (secondary N) is 1. The quantitative estimate of drug-likeness (QED) is 0.470. The fraction of sp³-hybridized carbons (Fsp3) is 0.211. The summed E-state index contributed by atoms with van der Waals surface area (Å²) in [7, 11) is 0. The van der Waals surface area contributed by atoms with Gasteiger partial charge < -0.3 is 9.88 Å². The van der Waals surface area contributed by atoms with Gasteiger partial charge in [-0.25, -0.2) is 0 Å². The zero-order valence-corrected chi connectivity index (χ0v) is 17.6. The number of nitrogens with zero attached hydrogens (tertiary/aromatic N) is 3. The summed E-state index contributed by atoms with van der Waals surface area (Å²) in [6, 6.07) is 12.5. The van der Waals surface area contributed by atoms with Crippen LogP contribution in [-0.2, 0) is 17.5 Å². The molecule has 0 atom stereocenters. The molecule has 0 aliphatic heterocycles. The van der Waals surface area contributed by atoms with Crippen LogP contribution in [0.25, 0.3) is 11.4 Å². The van der Waals surface area contributed by atoms with Crippen LogP contribution in [0, 0.1) is 0 Å². The first-order valence-corrected chi connectivity index (χ1v) is 10.4. The van der Waals surface area contributed by atoms with Gasteiger partial charge in [-0.1, -0.05) is 52.0 Å². The first-order valence-electron chi connectivity index (χ1n) is 8.57. The highest BCUT2D eigenvalue weighted by Crippen LogP contribution is 2.34. The molecule has 5 nitrogen and oxygen atoms in total. The zero-order chi connectivity index (χ0) is 21.0. The number of thioether (sulfide) groups is 1. The van der Waals surface area contributed by atoms with Crippen LogP contribution in [-0.4, -0.2) is 26.4 Å². The van der Waals surface area contributed by atoms with Crippen LogP contribution in [0.1, 0.15) is 12.5 Å². The molecule has 1 aromatic heterocycles. The molecule has 0 fully saturated rings. The van der Waals surface area contributed by atoms with Gasteiger partial charge >= 0.3 is 6.18 Å². The van der Waals surface area contributed by atoms with Gasteiger partial charge in [0.2, 0.25) is 5.91 Å². The minimum Gasteiger partial charge on any atom is -0.325 e. The lowest BCUT2D eigenvalue weighted by Gasteiger charge is -2.13. The molecule has 1 N–H and O–H groups in total. The zero-order valence-electron chi connectivity index (χ0n) is 15.2. The van der Waals surface area contributed by atoms with Crippen molar-refractivity contribution >= 4 is 39.3 Å². The minimum absolute atomic E-state index is 0.0926. The molecular weight excluding hydrogens is 469 g/mol. The Morgan fingerprint density at radius 3 is 2.48 bits per heavy atom. The van der Waals surface area contributed by atoms with E-state index < -0.39 is 17.6 Å². The minimum atomic E-state index is -4.54. The average molecular weight is 485 g/mol. The molecule has 1 amide bonds. The number of hydrogen-bond donors (Lipinski definition) is 1. The molecule has 0 spiro atoms. The van der Waals surface area contributed by atoms with E-state index in [-0.39, 0.29) is 11.4 Å². The Morgan fingerprint density at radius 1 is 1.14 bits per heavy atom. The molecule has 0 radical (unpaired) electrons. The maximum Gasteiger partial charge on any atom is 0.418 e. The topological polar surface area (TPSA) is 59.8 Å². The normalized spacial score (nSPS) is 11.5. The molecule has 3 aromatic rings. The monoisotopic (exact) mass is 484 g/mol. The van der Waals surface area contributed by atoms with E-state index in [4.69, 9.17) is 0 Å². The van der Waals surface area contributed by atoms with Crippen molar-refractivity contribution in [1.29, 1.82) is 0 Å². The second-order valence-corrected chi connectivity index (χ2v) is 7.80. The number of amides is 1. The molecule has 1 heterocycles. The van der Waals surface area contributed by atoms with Crippen LogP contribution in [0.2, 0.25) is 0 Å². The summed E-state index contributed by atoms with van der Waals surface area (Å²) in [5, 5.41) is 11.2. The number of hydrogen-bond acceptors (Lipinski definition) is 4. The molecule has 152 valence electrons. The maximum absolute atomic E-state index is 13.1. The van der Waals surface area contributed by atoms with E-state index in [0.717, 1.165) is 27.9 Å². The van der Waals surface area contributed by atoms with Gasteiger partial charge in [-0.15, -0.1) is 10.2 Å². The van der Waals surface area contributed by atoms with Gasteiger partial charge in [0.25, 0.3) is 0 Å². The smallest absolute Gasteiger partial charge is 0.325 e. The summed E-state index contributed by atoms with van der Waals surface area (Å²) >= 11 is 4.50. The Balaban J connectivity index is 1.71. The Labute approximate surface area is 177 Å². The predicted molar refractivity (Wildman–Crippen MR) is 110 cm³/mol. The molecule has 0 saturated heterocycles. The van der Waals surface area contributed by atoms with E-state index in [9.17, 15) is 18.0 Å². The summed E-state index contributed by atoms with van der Waals surface area (Å²) in [5.74, 6) is 0.0119. The van der Waals surface area contributed by atoms with Crippen molar-refractivity contribution in [2.75, 3.05) is 11.1 Å². The van der Waals surface area contributed by atoms with Gasteiger partial charge in [0, 0.05) is 16.6 Å². The van der Waals surface area contributed by atoms with Crippen LogP contribution in [0.3, 0.4) is 0 Å². The summed E-state index contributed by atoms with van der Waals surface area (Å²) in [4.78, 5) is 12.2. The lowest BCUT2D eigenvalue weighted by atomic mass is 10.1. The molecule has 10 heteroatoms. The van der Waals surface area contributed by atoms with E-state index in [2.05, 4.69) is 31.4 Å². The molecule has 0 saturated carbocycles. The second-order valence-electron chi connectivity index (χ2n) is 5.94. The van der Waals surface area contributed by atoms with E-state index >= 15 is 0 Å². The van der Waals surface area contributed by atoms with Crippen LogP contribution >= 0.6 is 27.7 Å². The molecule has 0 aliphatic carbocycles. The summed E-state index contributed by atoms with van der Waals surface area (Å²) in [6.07, 6.45) is -4.54. The van der Waals surface area contributed by atoms with Crippen LogP contribution in [0.4, 0.5) is 18.9 Å². The third-order valence-corrected chi connectivity index (χ3v) is 5.47. The largest absolute Gasteiger partial charge is 0.418 e.